The van der Waals surface area contributed by atoms with E-state index in [-0.39, 0.29) is 5.82 Å². The Labute approximate surface area is 117 Å². The van der Waals surface area contributed by atoms with Gasteiger partial charge in [0.05, 0.1) is 6.04 Å². The zero-order valence-electron chi connectivity index (χ0n) is 10.9. The molecule has 0 saturated heterocycles. The lowest BCUT2D eigenvalue weighted by Gasteiger charge is -2.20. The van der Waals surface area contributed by atoms with E-state index in [9.17, 15) is 4.39 Å². The number of nitrogens with one attached hydrogen (secondary N) is 1. The smallest absolute Gasteiger partial charge is 0.129 e. The van der Waals surface area contributed by atoms with E-state index in [0.717, 1.165) is 16.7 Å². The molecule has 0 radical (unpaired) electrons. The molecule has 0 aliphatic carbocycles. The molecule has 1 unspecified atom stereocenters. The lowest BCUT2D eigenvalue weighted by molar-refractivity contribution is 0.559. The predicted octanol–water partition coefficient (Wildman–Crippen LogP) is 3.65. The van der Waals surface area contributed by atoms with Crippen LogP contribution >= 0.6 is 11.6 Å². The quantitative estimate of drug-likeness (QED) is 0.664. The van der Waals surface area contributed by atoms with Crippen LogP contribution in [0.3, 0.4) is 0 Å². The van der Waals surface area contributed by atoms with Gasteiger partial charge in [-0.3, -0.25) is 5.84 Å². The fourth-order valence-corrected chi connectivity index (χ4v) is 2.31. The van der Waals surface area contributed by atoms with Crippen LogP contribution in [-0.4, -0.2) is 0 Å². The van der Waals surface area contributed by atoms with Crippen LogP contribution in [0.2, 0.25) is 5.02 Å². The number of rotatable bonds is 3. The van der Waals surface area contributed by atoms with Gasteiger partial charge in [-0.1, -0.05) is 41.4 Å². The Kier molecular flexibility index (Phi) is 4.20. The molecule has 2 rings (SSSR count). The molecule has 0 fully saturated rings. The zero-order valence-corrected chi connectivity index (χ0v) is 11.6. The second-order valence-corrected chi connectivity index (χ2v) is 5.06. The van der Waals surface area contributed by atoms with Crippen LogP contribution in [0.25, 0.3) is 0 Å². The molecule has 1 atom stereocenters. The van der Waals surface area contributed by atoms with Crippen LogP contribution in [0, 0.1) is 19.7 Å². The molecule has 2 aromatic rings. The molecule has 0 spiro atoms. The third kappa shape index (κ3) is 2.95. The Hall–Kier alpha value is -1.42. The van der Waals surface area contributed by atoms with E-state index in [0.29, 0.717) is 10.6 Å². The molecule has 0 saturated carbocycles. The highest BCUT2D eigenvalue weighted by atomic mass is 35.5. The van der Waals surface area contributed by atoms with Crippen LogP contribution < -0.4 is 11.3 Å². The molecule has 0 aliphatic rings. The van der Waals surface area contributed by atoms with E-state index in [1.165, 1.54) is 6.07 Å². The Bertz CT molecular complexity index is 599. The Morgan fingerprint density at radius 1 is 1.11 bits per heavy atom. The Balaban J connectivity index is 2.52. The highest BCUT2D eigenvalue weighted by molar-refractivity contribution is 6.30. The summed E-state index contributed by atoms with van der Waals surface area (Å²) in [4.78, 5) is 0. The average Bonchev–Trinajstić information content (AvgIpc) is 2.36. The maximum absolute atomic E-state index is 14.0. The number of nitrogens with two attached hydrogens (primary N) is 1. The van der Waals surface area contributed by atoms with Gasteiger partial charge in [0.25, 0.3) is 0 Å². The first-order valence-corrected chi connectivity index (χ1v) is 6.39. The van der Waals surface area contributed by atoms with E-state index in [4.69, 9.17) is 17.4 Å². The Morgan fingerprint density at radius 3 is 2.47 bits per heavy atom. The maximum Gasteiger partial charge on any atom is 0.129 e. The summed E-state index contributed by atoms with van der Waals surface area (Å²) in [5.74, 6) is 5.25. The molecule has 100 valence electrons. The van der Waals surface area contributed by atoms with Gasteiger partial charge in [0.2, 0.25) is 0 Å². The van der Waals surface area contributed by atoms with Crippen molar-refractivity contribution in [2.45, 2.75) is 19.9 Å². The van der Waals surface area contributed by atoms with Gasteiger partial charge in [-0.2, -0.15) is 0 Å². The molecular formula is C15H16ClFN2. The number of halogens is 2. The van der Waals surface area contributed by atoms with E-state index in [1.807, 2.05) is 32.0 Å². The summed E-state index contributed by atoms with van der Waals surface area (Å²) in [6, 6.07) is 10.3. The fraction of sp³-hybridized carbons (Fsp3) is 0.200. The van der Waals surface area contributed by atoms with Crippen molar-refractivity contribution in [2.75, 3.05) is 0 Å². The van der Waals surface area contributed by atoms with Crippen LogP contribution in [0.15, 0.2) is 36.4 Å². The van der Waals surface area contributed by atoms with Gasteiger partial charge in [0, 0.05) is 10.6 Å². The summed E-state index contributed by atoms with van der Waals surface area (Å²) < 4.78 is 14.0. The standard InChI is InChI=1S/C15H16ClFN2/c1-9-3-4-10(2)13(7-9)15(19-18)12-6-5-11(16)8-14(12)17/h3-8,15,19H,18H2,1-2H3. The van der Waals surface area contributed by atoms with E-state index < -0.39 is 6.04 Å². The Morgan fingerprint density at radius 2 is 1.84 bits per heavy atom. The molecule has 19 heavy (non-hydrogen) atoms. The van der Waals surface area contributed by atoms with E-state index in [2.05, 4.69) is 5.43 Å². The molecule has 0 bridgehead atoms. The number of hydrazine groups is 1. The molecular weight excluding hydrogens is 263 g/mol. The minimum Gasteiger partial charge on any atom is -0.271 e. The number of hydrogen-bond acceptors (Lipinski definition) is 2. The highest BCUT2D eigenvalue weighted by Crippen LogP contribution is 2.28. The van der Waals surface area contributed by atoms with Crippen molar-refractivity contribution < 1.29 is 4.39 Å². The summed E-state index contributed by atoms with van der Waals surface area (Å²) in [5.41, 5.74) is 6.29. The molecule has 2 nitrogen and oxygen atoms in total. The molecule has 2 aromatic carbocycles. The van der Waals surface area contributed by atoms with Crippen LogP contribution in [-0.2, 0) is 0 Å². The SMILES string of the molecule is Cc1ccc(C)c(C(NN)c2ccc(Cl)cc2F)c1. The molecule has 0 aromatic heterocycles. The molecule has 4 heteroatoms. The van der Waals surface area contributed by atoms with Gasteiger partial charge < -0.3 is 0 Å². The predicted molar refractivity (Wildman–Crippen MR) is 76.5 cm³/mol. The topological polar surface area (TPSA) is 38.0 Å². The minimum atomic E-state index is -0.392. The minimum absolute atomic E-state index is 0.364. The first-order valence-electron chi connectivity index (χ1n) is 6.01. The average molecular weight is 279 g/mol. The summed E-state index contributed by atoms with van der Waals surface area (Å²) >= 11 is 5.78. The van der Waals surface area contributed by atoms with Gasteiger partial charge in [-0.25, -0.2) is 9.82 Å². The monoisotopic (exact) mass is 278 g/mol. The largest absolute Gasteiger partial charge is 0.271 e. The highest BCUT2D eigenvalue weighted by Gasteiger charge is 2.18. The molecule has 0 amide bonds. The van der Waals surface area contributed by atoms with E-state index in [1.54, 1.807) is 12.1 Å². The fourth-order valence-electron chi connectivity index (χ4n) is 2.15. The third-order valence-corrected chi connectivity index (χ3v) is 3.42. The molecule has 0 aliphatic heterocycles. The third-order valence-electron chi connectivity index (χ3n) is 3.19. The molecule has 3 N–H and O–H groups in total. The number of hydrogen-bond donors (Lipinski definition) is 2. The van der Waals surface area contributed by atoms with Gasteiger partial charge >= 0.3 is 0 Å². The van der Waals surface area contributed by atoms with Gasteiger partial charge in [-0.15, -0.1) is 0 Å². The lowest BCUT2D eigenvalue weighted by Crippen LogP contribution is -2.30. The van der Waals surface area contributed by atoms with Crippen LogP contribution in [0.5, 0.6) is 0 Å². The summed E-state index contributed by atoms with van der Waals surface area (Å²) in [5, 5.41) is 0.373. The van der Waals surface area contributed by atoms with Gasteiger partial charge in [0.15, 0.2) is 0 Å². The van der Waals surface area contributed by atoms with E-state index >= 15 is 0 Å². The van der Waals surface area contributed by atoms with Crippen molar-refractivity contribution in [3.05, 3.63) is 69.5 Å². The van der Waals surface area contributed by atoms with Gasteiger partial charge in [-0.05, 0) is 37.1 Å². The summed E-state index contributed by atoms with van der Waals surface area (Å²) in [7, 11) is 0. The summed E-state index contributed by atoms with van der Waals surface area (Å²) in [6.45, 7) is 3.97. The van der Waals surface area contributed by atoms with Crippen LogP contribution in [0.1, 0.15) is 28.3 Å². The van der Waals surface area contributed by atoms with Crippen LogP contribution in [0.4, 0.5) is 4.39 Å². The van der Waals surface area contributed by atoms with Crippen molar-refractivity contribution in [3.63, 3.8) is 0 Å². The van der Waals surface area contributed by atoms with Crippen molar-refractivity contribution >= 4 is 11.6 Å². The lowest BCUT2D eigenvalue weighted by atomic mass is 9.94. The summed E-state index contributed by atoms with van der Waals surface area (Å²) in [6.07, 6.45) is 0. The number of aryl methyl sites for hydroxylation is 2. The van der Waals surface area contributed by atoms with Crippen molar-refractivity contribution in [1.82, 2.24) is 5.43 Å². The second kappa shape index (κ2) is 5.70. The van der Waals surface area contributed by atoms with Crippen molar-refractivity contribution in [1.29, 1.82) is 0 Å². The normalized spacial score (nSPS) is 12.5. The van der Waals surface area contributed by atoms with Crippen molar-refractivity contribution in [2.24, 2.45) is 5.84 Å². The first kappa shape index (κ1) is 14.0. The first-order chi connectivity index (χ1) is 9.02. The molecule has 0 heterocycles. The zero-order chi connectivity index (χ0) is 14.0. The van der Waals surface area contributed by atoms with Gasteiger partial charge in [0.1, 0.15) is 5.82 Å². The number of benzene rings is 2. The van der Waals surface area contributed by atoms with Crippen molar-refractivity contribution in [3.8, 4) is 0 Å². The maximum atomic E-state index is 14.0. The second-order valence-electron chi connectivity index (χ2n) is 4.63.